The van der Waals surface area contributed by atoms with Crippen molar-refractivity contribution in [2.24, 2.45) is 18.9 Å². The number of hydrogen-bond donors (Lipinski definition) is 1. The average molecular weight is 259 g/mol. The van der Waals surface area contributed by atoms with Crippen LogP contribution >= 0.6 is 0 Å². The molecule has 3 unspecified atom stereocenters. The molecule has 2 aromatic heterocycles. The minimum Gasteiger partial charge on any atom is -0.369 e. The quantitative estimate of drug-likeness (QED) is 0.900. The predicted molar refractivity (Wildman–Crippen MR) is 74.8 cm³/mol. The highest BCUT2D eigenvalue weighted by molar-refractivity contribution is 5.78. The van der Waals surface area contributed by atoms with Crippen molar-refractivity contribution in [2.75, 3.05) is 5.73 Å². The van der Waals surface area contributed by atoms with Crippen molar-refractivity contribution in [1.82, 2.24) is 19.3 Å². The van der Waals surface area contributed by atoms with Crippen LogP contribution in [0, 0.1) is 11.8 Å². The molecule has 2 saturated carbocycles. The molecule has 4 rings (SSSR count). The highest BCUT2D eigenvalue weighted by Gasteiger charge is 2.42. The second-order valence-electron chi connectivity index (χ2n) is 6.18. The zero-order valence-corrected chi connectivity index (χ0v) is 11.6. The van der Waals surface area contributed by atoms with Crippen LogP contribution in [-0.2, 0) is 13.5 Å². The molecule has 5 nitrogen and oxygen atoms in total. The topological polar surface area (TPSA) is 61.7 Å². The first kappa shape index (κ1) is 11.3. The van der Waals surface area contributed by atoms with Gasteiger partial charge < -0.3 is 5.73 Å². The van der Waals surface area contributed by atoms with Gasteiger partial charge in [0.25, 0.3) is 0 Å². The normalized spacial score (nSPS) is 29.7. The SMILES string of the molecule is CCc1nn(C)c2c1nc(N)n2C1CC2CCC1C2. The van der Waals surface area contributed by atoms with E-state index in [0.29, 0.717) is 12.0 Å². The Balaban J connectivity index is 1.89. The van der Waals surface area contributed by atoms with Crippen molar-refractivity contribution in [3.8, 4) is 0 Å². The highest BCUT2D eigenvalue weighted by atomic mass is 15.4. The van der Waals surface area contributed by atoms with Crippen LogP contribution in [0.15, 0.2) is 0 Å². The molecule has 2 fully saturated rings. The molecule has 19 heavy (non-hydrogen) atoms. The van der Waals surface area contributed by atoms with E-state index < -0.39 is 0 Å². The third-order valence-corrected chi connectivity index (χ3v) is 5.13. The molecule has 0 aliphatic heterocycles. The third-order valence-electron chi connectivity index (χ3n) is 5.13. The second kappa shape index (κ2) is 3.74. The van der Waals surface area contributed by atoms with Crippen LogP contribution in [0.2, 0.25) is 0 Å². The van der Waals surface area contributed by atoms with Gasteiger partial charge in [-0.05, 0) is 37.5 Å². The minimum atomic E-state index is 0.545. The Morgan fingerprint density at radius 1 is 1.32 bits per heavy atom. The molecule has 0 aromatic carbocycles. The maximum Gasteiger partial charge on any atom is 0.202 e. The standard InChI is InChI=1S/C14H21N5/c1-3-10-12-13(18(2)17-10)19(14(15)16-12)11-7-8-4-5-9(11)6-8/h8-9,11H,3-7H2,1-2H3,(H2,15,16). The fraction of sp³-hybridized carbons (Fsp3) is 0.714. The van der Waals surface area contributed by atoms with Crippen LogP contribution in [0.25, 0.3) is 11.2 Å². The van der Waals surface area contributed by atoms with Crippen molar-refractivity contribution in [3.05, 3.63) is 5.69 Å². The molecular weight excluding hydrogens is 238 g/mol. The van der Waals surface area contributed by atoms with Gasteiger partial charge >= 0.3 is 0 Å². The fourth-order valence-corrected chi connectivity index (χ4v) is 4.31. The first-order chi connectivity index (χ1) is 9.19. The summed E-state index contributed by atoms with van der Waals surface area (Å²) in [5.74, 6) is 2.38. The van der Waals surface area contributed by atoms with E-state index in [1.165, 1.54) is 25.7 Å². The Hall–Kier alpha value is -1.52. The zero-order chi connectivity index (χ0) is 13.1. The Labute approximate surface area is 112 Å². The van der Waals surface area contributed by atoms with Crippen LogP contribution in [0.4, 0.5) is 5.95 Å². The number of nitrogen functional groups attached to an aromatic ring is 1. The van der Waals surface area contributed by atoms with E-state index in [1.807, 2.05) is 11.7 Å². The van der Waals surface area contributed by atoms with E-state index in [9.17, 15) is 0 Å². The molecule has 0 spiro atoms. The first-order valence-corrected chi connectivity index (χ1v) is 7.38. The smallest absolute Gasteiger partial charge is 0.202 e. The van der Waals surface area contributed by atoms with Gasteiger partial charge in [-0.1, -0.05) is 13.3 Å². The fourth-order valence-electron chi connectivity index (χ4n) is 4.31. The van der Waals surface area contributed by atoms with Crippen LogP contribution in [-0.4, -0.2) is 19.3 Å². The summed E-state index contributed by atoms with van der Waals surface area (Å²) in [4.78, 5) is 4.59. The maximum absolute atomic E-state index is 6.21. The number of nitrogens with two attached hydrogens (primary N) is 1. The summed E-state index contributed by atoms with van der Waals surface area (Å²) in [5.41, 5.74) is 9.40. The number of nitrogens with zero attached hydrogens (tertiary/aromatic N) is 4. The average Bonchev–Trinajstić information content (AvgIpc) is 3.11. The summed E-state index contributed by atoms with van der Waals surface area (Å²) in [7, 11) is 2.01. The van der Waals surface area contributed by atoms with Gasteiger partial charge in [0, 0.05) is 13.1 Å². The largest absolute Gasteiger partial charge is 0.369 e. The van der Waals surface area contributed by atoms with Crippen LogP contribution in [0.5, 0.6) is 0 Å². The van der Waals surface area contributed by atoms with Crippen molar-refractivity contribution in [3.63, 3.8) is 0 Å². The number of fused-ring (bicyclic) bond motifs is 3. The molecule has 102 valence electrons. The van der Waals surface area contributed by atoms with E-state index in [4.69, 9.17) is 5.73 Å². The van der Waals surface area contributed by atoms with Gasteiger partial charge in [-0.2, -0.15) is 5.10 Å². The lowest BCUT2D eigenvalue weighted by Crippen LogP contribution is -2.19. The number of anilines is 1. The molecule has 0 amide bonds. The summed E-state index contributed by atoms with van der Waals surface area (Å²) in [6, 6.07) is 0.545. The van der Waals surface area contributed by atoms with Gasteiger partial charge in [0.2, 0.25) is 5.95 Å². The van der Waals surface area contributed by atoms with Crippen molar-refractivity contribution >= 4 is 17.1 Å². The zero-order valence-electron chi connectivity index (χ0n) is 11.6. The molecule has 2 aliphatic carbocycles. The summed E-state index contributed by atoms with van der Waals surface area (Å²) < 4.78 is 4.23. The predicted octanol–water partition coefficient (Wildman–Crippen LogP) is 2.28. The molecule has 0 saturated heterocycles. The first-order valence-electron chi connectivity index (χ1n) is 7.38. The van der Waals surface area contributed by atoms with Gasteiger partial charge in [-0.15, -0.1) is 0 Å². The molecule has 2 heterocycles. The molecule has 5 heteroatoms. The van der Waals surface area contributed by atoms with Gasteiger partial charge in [-0.25, -0.2) is 4.98 Å². The van der Waals surface area contributed by atoms with E-state index >= 15 is 0 Å². The second-order valence-corrected chi connectivity index (χ2v) is 6.18. The molecule has 0 radical (unpaired) electrons. The molecule has 2 aromatic rings. The van der Waals surface area contributed by atoms with Crippen molar-refractivity contribution < 1.29 is 0 Å². The molecule has 2 bridgehead atoms. The minimum absolute atomic E-state index is 0.545. The molecule has 2 aliphatic rings. The van der Waals surface area contributed by atoms with Gasteiger partial charge in [0.15, 0.2) is 5.65 Å². The maximum atomic E-state index is 6.21. The van der Waals surface area contributed by atoms with Gasteiger partial charge in [0.1, 0.15) is 5.52 Å². The van der Waals surface area contributed by atoms with E-state index in [-0.39, 0.29) is 0 Å². The lowest BCUT2D eigenvalue weighted by molar-refractivity contribution is 0.336. The summed E-state index contributed by atoms with van der Waals surface area (Å²) in [5, 5.41) is 4.58. The van der Waals surface area contributed by atoms with Gasteiger partial charge in [0.05, 0.1) is 5.69 Å². The van der Waals surface area contributed by atoms with Crippen molar-refractivity contribution in [2.45, 2.75) is 45.1 Å². The Morgan fingerprint density at radius 2 is 2.16 bits per heavy atom. The van der Waals surface area contributed by atoms with Crippen LogP contribution in [0.1, 0.15) is 44.3 Å². The van der Waals surface area contributed by atoms with E-state index in [0.717, 1.165) is 35.1 Å². The Kier molecular flexibility index (Phi) is 2.23. The third kappa shape index (κ3) is 1.41. The summed E-state index contributed by atoms with van der Waals surface area (Å²) in [6.07, 6.45) is 6.32. The lowest BCUT2D eigenvalue weighted by atomic mass is 9.95. The van der Waals surface area contributed by atoms with E-state index in [1.54, 1.807) is 0 Å². The number of imidazole rings is 1. The monoisotopic (exact) mass is 259 g/mol. The number of aryl methyl sites for hydroxylation is 2. The highest BCUT2D eigenvalue weighted by Crippen LogP contribution is 2.52. The molecule has 2 N–H and O–H groups in total. The Morgan fingerprint density at radius 3 is 2.79 bits per heavy atom. The van der Waals surface area contributed by atoms with E-state index in [2.05, 4.69) is 21.6 Å². The number of aromatic nitrogens is 4. The van der Waals surface area contributed by atoms with Crippen LogP contribution < -0.4 is 5.73 Å². The van der Waals surface area contributed by atoms with Gasteiger partial charge in [-0.3, -0.25) is 9.25 Å². The molecule has 3 atom stereocenters. The summed E-state index contributed by atoms with van der Waals surface area (Å²) in [6.45, 7) is 2.12. The van der Waals surface area contributed by atoms with Crippen LogP contribution in [0.3, 0.4) is 0 Å². The molecular formula is C14H21N5. The summed E-state index contributed by atoms with van der Waals surface area (Å²) >= 11 is 0. The van der Waals surface area contributed by atoms with Crippen molar-refractivity contribution in [1.29, 1.82) is 0 Å². The lowest BCUT2D eigenvalue weighted by Gasteiger charge is -2.24. The number of rotatable bonds is 2. The number of hydrogen-bond acceptors (Lipinski definition) is 3. The Bertz CT molecular complexity index is 638.